The van der Waals surface area contributed by atoms with Gasteiger partial charge in [0.05, 0.1) is 6.10 Å². The van der Waals surface area contributed by atoms with E-state index in [1.54, 1.807) is 0 Å². The van der Waals surface area contributed by atoms with Crippen molar-refractivity contribution >= 4 is 0 Å². The van der Waals surface area contributed by atoms with Gasteiger partial charge in [-0.05, 0) is 111 Å². The highest BCUT2D eigenvalue weighted by atomic mass is 16.3. The molecule has 0 bridgehead atoms. The third kappa shape index (κ3) is 3.74. The predicted molar refractivity (Wildman–Crippen MR) is 128 cm³/mol. The van der Waals surface area contributed by atoms with Gasteiger partial charge in [-0.15, -0.1) is 0 Å². The standard InChI is InChI=1S/C29H50O/c1-7-21(19(2)3)9-8-20(4)25-12-13-26-24-11-10-22-18-23(30)14-16-28(22,5)27(24)15-17-29(25,26)6/h19-23,25-26,30H,7-18H2,1-6H3. The minimum absolute atomic E-state index is 0.0337. The van der Waals surface area contributed by atoms with Crippen molar-refractivity contribution in [2.24, 2.45) is 46.3 Å². The van der Waals surface area contributed by atoms with Crippen LogP contribution in [0.4, 0.5) is 0 Å². The quantitative estimate of drug-likeness (QED) is 0.434. The zero-order valence-corrected chi connectivity index (χ0v) is 21.0. The average molecular weight is 415 g/mol. The van der Waals surface area contributed by atoms with E-state index in [4.69, 9.17) is 0 Å². The lowest BCUT2D eigenvalue weighted by molar-refractivity contribution is 0.0131. The lowest BCUT2D eigenvalue weighted by Crippen LogP contribution is -2.45. The molecule has 0 amide bonds. The molecule has 2 saturated carbocycles. The summed E-state index contributed by atoms with van der Waals surface area (Å²) in [5, 5.41) is 10.3. The number of aliphatic hydroxyl groups excluding tert-OH is 1. The number of rotatable bonds is 6. The summed E-state index contributed by atoms with van der Waals surface area (Å²) in [6.07, 6.45) is 15.9. The molecule has 0 aromatic rings. The van der Waals surface area contributed by atoms with Gasteiger partial charge in [-0.2, -0.15) is 0 Å². The van der Waals surface area contributed by atoms with E-state index < -0.39 is 0 Å². The maximum Gasteiger partial charge on any atom is 0.0543 e. The van der Waals surface area contributed by atoms with Crippen LogP contribution in [0.5, 0.6) is 0 Å². The molecule has 8 unspecified atom stereocenters. The second kappa shape index (κ2) is 8.57. The first-order valence-electron chi connectivity index (χ1n) is 13.6. The molecule has 1 nitrogen and oxygen atoms in total. The van der Waals surface area contributed by atoms with Crippen molar-refractivity contribution in [3.05, 3.63) is 11.1 Å². The number of aliphatic hydroxyl groups is 1. The van der Waals surface area contributed by atoms with Crippen molar-refractivity contribution in [2.45, 2.75) is 125 Å². The Morgan fingerprint density at radius 2 is 1.73 bits per heavy atom. The smallest absolute Gasteiger partial charge is 0.0543 e. The molecular formula is C29H50O. The van der Waals surface area contributed by atoms with Gasteiger partial charge in [-0.3, -0.25) is 0 Å². The Bertz CT molecular complexity index is 647. The number of hydrogen-bond donors (Lipinski definition) is 1. The van der Waals surface area contributed by atoms with Crippen LogP contribution in [0.2, 0.25) is 0 Å². The van der Waals surface area contributed by atoms with E-state index in [1.807, 2.05) is 11.1 Å². The van der Waals surface area contributed by atoms with Crippen molar-refractivity contribution in [1.29, 1.82) is 0 Å². The van der Waals surface area contributed by atoms with E-state index in [1.165, 1.54) is 64.2 Å². The topological polar surface area (TPSA) is 20.2 Å². The Balaban J connectivity index is 1.50. The predicted octanol–water partition coefficient (Wildman–Crippen LogP) is 8.17. The number of allylic oxidation sites excluding steroid dienone is 2. The van der Waals surface area contributed by atoms with Crippen molar-refractivity contribution < 1.29 is 5.11 Å². The fraction of sp³-hybridized carbons (Fsp3) is 0.931. The van der Waals surface area contributed by atoms with Crippen LogP contribution in [0.1, 0.15) is 119 Å². The van der Waals surface area contributed by atoms with Gasteiger partial charge in [0.2, 0.25) is 0 Å². The molecule has 2 fully saturated rings. The molecule has 4 aliphatic carbocycles. The second-order valence-electron chi connectivity index (χ2n) is 12.8. The number of hydrogen-bond acceptors (Lipinski definition) is 1. The van der Waals surface area contributed by atoms with Crippen molar-refractivity contribution in [3.63, 3.8) is 0 Å². The van der Waals surface area contributed by atoms with Crippen LogP contribution in [0.25, 0.3) is 0 Å². The molecule has 0 heterocycles. The average Bonchev–Trinajstić information content (AvgIpc) is 3.06. The molecule has 0 aromatic heterocycles. The van der Waals surface area contributed by atoms with Crippen LogP contribution in [0.15, 0.2) is 11.1 Å². The molecule has 4 rings (SSSR count). The van der Waals surface area contributed by atoms with Gasteiger partial charge < -0.3 is 5.11 Å². The van der Waals surface area contributed by atoms with Crippen molar-refractivity contribution in [2.75, 3.05) is 0 Å². The summed E-state index contributed by atoms with van der Waals surface area (Å²) < 4.78 is 0. The molecular weight excluding hydrogens is 364 g/mol. The summed E-state index contributed by atoms with van der Waals surface area (Å²) in [6.45, 7) is 15.1. The Labute approximate surface area is 187 Å². The van der Waals surface area contributed by atoms with Crippen LogP contribution in [0, 0.1) is 46.3 Å². The zero-order valence-electron chi connectivity index (χ0n) is 21.0. The van der Waals surface area contributed by atoms with Crippen LogP contribution in [0.3, 0.4) is 0 Å². The lowest BCUT2D eigenvalue weighted by Gasteiger charge is -2.55. The highest BCUT2D eigenvalue weighted by Crippen LogP contribution is 2.66. The molecule has 0 radical (unpaired) electrons. The molecule has 1 N–H and O–H groups in total. The minimum atomic E-state index is -0.0337. The van der Waals surface area contributed by atoms with Gasteiger partial charge in [-0.25, -0.2) is 0 Å². The Morgan fingerprint density at radius 3 is 2.43 bits per heavy atom. The van der Waals surface area contributed by atoms with Gasteiger partial charge in [-0.1, -0.05) is 65.5 Å². The summed E-state index contributed by atoms with van der Waals surface area (Å²) in [6, 6.07) is 0. The third-order valence-corrected chi connectivity index (χ3v) is 11.2. The molecule has 1 heteroatoms. The molecule has 172 valence electrons. The molecule has 0 aromatic carbocycles. The fourth-order valence-electron chi connectivity index (χ4n) is 9.10. The van der Waals surface area contributed by atoms with Gasteiger partial charge in [0.1, 0.15) is 0 Å². The summed E-state index contributed by atoms with van der Waals surface area (Å²) in [4.78, 5) is 0. The Morgan fingerprint density at radius 1 is 0.967 bits per heavy atom. The highest BCUT2D eigenvalue weighted by Gasteiger charge is 2.55. The number of fused-ring (bicyclic) bond motifs is 4. The van der Waals surface area contributed by atoms with Crippen LogP contribution in [-0.4, -0.2) is 11.2 Å². The fourth-order valence-corrected chi connectivity index (χ4v) is 9.10. The van der Waals surface area contributed by atoms with E-state index >= 15 is 0 Å². The maximum atomic E-state index is 10.3. The van der Waals surface area contributed by atoms with Gasteiger partial charge in [0.15, 0.2) is 0 Å². The van der Waals surface area contributed by atoms with E-state index in [9.17, 15) is 5.11 Å². The third-order valence-electron chi connectivity index (χ3n) is 11.2. The van der Waals surface area contributed by atoms with Gasteiger partial charge in [0.25, 0.3) is 0 Å². The maximum absolute atomic E-state index is 10.3. The van der Waals surface area contributed by atoms with Crippen molar-refractivity contribution in [1.82, 2.24) is 0 Å². The van der Waals surface area contributed by atoms with Crippen LogP contribution >= 0.6 is 0 Å². The highest BCUT2D eigenvalue weighted by molar-refractivity contribution is 5.34. The molecule has 4 aliphatic rings. The molecule has 0 saturated heterocycles. The van der Waals surface area contributed by atoms with E-state index in [-0.39, 0.29) is 6.10 Å². The van der Waals surface area contributed by atoms with Crippen molar-refractivity contribution in [3.8, 4) is 0 Å². The largest absolute Gasteiger partial charge is 0.393 e. The van der Waals surface area contributed by atoms with E-state index in [2.05, 4.69) is 41.5 Å². The second-order valence-corrected chi connectivity index (χ2v) is 12.8. The van der Waals surface area contributed by atoms with Gasteiger partial charge >= 0.3 is 0 Å². The Kier molecular flexibility index (Phi) is 6.53. The lowest BCUT2D eigenvalue weighted by atomic mass is 9.50. The SMILES string of the molecule is CCC(CCC(C)C1CCC2C3=C(CCC21C)C1(C)CCC(O)CC1CC3)C(C)C. The summed E-state index contributed by atoms with van der Waals surface area (Å²) >= 11 is 0. The summed E-state index contributed by atoms with van der Waals surface area (Å²) in [5.41, 5.74) is 4.76. The molecule has 30 heavy (non-hydrogen) atoms. The van der Waals surface area contributed by atoms with E-state index in [0.717, 1.165) is 48.3 Å². The van der Waals surface area contributed by atoms with E-state index in [0.29, 0.717) is 10.8 Å². The first-order valence-corrected chi connectivity index (χ1v) is 13.6. The monoisotopic (exact) mass is 414 g/mol. The normalized spacial score (nSPS) is 43.2. The first-order chi connectivity index (χ1) is 14.2. The molecule has 0 aliphatic heterocycles. The Hall–Kier alpha value is -0.300. The first kappa shape index (κ1) is 22.9. The summed E-state index contributed by atoms with van der Waals surface area (Å²) in [5.74, 6) is 5.16. The molecule has 0 spiro atoms. The van der Waals surface area contributed by atoms with Crippen LogP contribution < -0.4 is 0 Å². The summed E-state index contributed by atoms with van der Waals surface area (Å²) in [7, 11) is 0. The van der Waals surface area contributed by atoms with Crippen LogP contribution in [-0.2, 0) is 0 Å². The minimum Gasteiger partial charge on any atom is -0.393 e. The van der Waals surface area contributed by atoms with Gasteiger partial charge in [0, 0.05) is 0 Å². The molecule has 8 atom stereocenters. The zero-order chi connectivity index (χ0) is 21.7.